The Kier molecular flexibility index (Phi) is 9.63. The number of pyridine rings is 2. The number of carbonyl (C=O) groups excluding carboxylic acids is 1. The Morgan fingerprint density at radius 1 is 1.14 bits per heavy atom. The molecule has 1 amide bonds. The summed E-state index contributed by atoms with van der Waals surface area (Å²) >= 11 is 6.92. The lowest BCUT2D eigenvalue weighted by Gasteiger charge is -2.27. The molecule has 3 heterocycles. The number of nitrogens with zero attached hydrogens (tertiary/aromatic N) is 6. The molecule has 10 heteroatoms. The van der Waals surface area contributed by atoms with E-state index in [2.05, 4.69) is 23.1 Å². The number of aromatic nitrogens is 4. The second-order valence-corrected chi connectivity index (χ2v) is 10.9. The van der Waals surface area contributed by atoms with E-state index >= 15 is 0 Å². The van der Waals surface area contributed by atoms with E-state index in [1.54, 1.807) is 21.7 Å². The molecule has 216 valence electrons. The van der Waals surface area contributed by atoms with Crippen LogP contribution in [0.15, 0.2) is 66.6 Å². The topological polar surface area (TPSA) is 84.2 Å². The maximum absolute atomic E-state index is 14.0. The first-order valence-corrected chi connectivity index (χ1v) is 14.4. The molecule has 0 aliphatic carbocycles. The van der Waals surface area contributed by atoms with Crippen molar-refractivity contribution in [1.29, 1.82) is 0 Å². The first kappa shape index (κ1) is 30.7. The fourth-order valence-corrected chi connectivity index (χ4v) is 5.32. The van der Waals surface area contributed by atoms with E-state index < -0.39 is 5.69 Å². The summed E-state index contributed by atoms with van der Waals surface area (Å²) in [5.74, 6) is 0.339. The Morgan fingerprint density at radius 3 is 2.55 bits per heavy atom. The summed E-state index contributed by atoms with van der Waals surface area (Å²) in [4.78, 5) is 44.2. The highest BCUT2D eigenvalue weighted by Crippen LogP contribution is 2.35. The van der Waals surface area contributed by atoms with E-state index in [1.165, 1.54) is 6.08 Å². The maximum Gasteiger partial charge on any atom is 0.355 e. The number of rotatable bonds is 11. The fraction of sp³-hybridized carbons (Fsp3) is 0.281. The molecule has 0 spiro atoms. The van der Waals surface area contributed by atoms with Gasteiger partial charge in [-0.2, -0.15) is 4.98 Å². The number of amides is 1. The maximum atomic E-state index is 14.0. The second-order valence-electron chi connectivity index (χ2n) is 10.5. The molecular formula is C32H36BClN6O2. The monoisotopic (exact) mass is 582 g/mol. The number of aryl methyl sites for hydroxylation is 1. The van der Waals surface area contributed by atoms with Gasteiger partial charge in [0.15, 0.2) is 5.65 Å². The largest absolute Gasteiger partial charge is 0.405 e. The fourth-order valence-electron chi connectivity index (χ4n) is 5.07. The van der Waals surface area contributed by atoms with Crippen LogP contribution in [0, 0.1) is 6.92 Å². The third kappa shape index (κ3) is 6.02. The highest BCUT2D eigenvalue weighted by molar-refractivity contribution is 6.34. The van der Waals surface area contributed by atoms with Crippen LogP contribution >= 0.6 is 11.6 Å². The molecule has 4 aromatic rings. The van der Waals surface area contributed by atoms with Gasteiger partial charge in [0.05, 0.1) is 27.5 Å². The summed E-state index contributed by atoms with van der Waals surface area (Å²) in [5, 5.41) is 1.02. The smallest absolute Gasteiger partial charge is 0.355 e. The summed E-state index contributed by atoms with van der Waals surface area (Å²) in [6, 6.07) is 11.4. The second kappa shape index (κ2) is 13.2. The van der Waals surface area contributed by atoms with Crippen molar-refractivity contribution < 1.29 is 4.79 Å². The molecule has 0 saturated carbocycles. The first-order chi connectivity index (χ1) is 20.1. The third-order valence-corrected chi connectivity index (χ3v) is 7.50. The SMILES string of the molecule is BN(CCN(CCC)C(=O)C=C)c1nc(=O)n(-c2c(C)ccnc2C(C)C)c2nc(-c3ccccc3C=C)c(Cl)cc12. The molecule has 0 unspecified atom stereocenters. The number of carbonyl (C=O) groups is 1. The molecule has 8 nitrogen and oxygen atoms in total. The normalized spacial score (nSPS) is 11.1. The van der Waals surface area contributed by atoms with Crippen LogP contribution in [0.1, 0.15) is 49.9 Å². The van der Waals surface area contributed by atoms with Crippen molar-refractivity contribution in [1.82, 2.24) is 24.4 Å². The highest BCUT2D eigenvalue weighted by Gasteiger charge is 2.23. The molecule has 0 aliphatic rings. The van der Waals surface area contributed by atoms with E-state index in [0.717, 1.165) is 28.8 Å². The van der Waals surface area contributed by atoms with Gasteiger partial charge < -0.3 is 9.71 Å². The van der Waals surface area contributed by atoms with Crippen LogP contribution in [-0.4, -0.2) is 57.9 Å². The summed E-state index contributed by atoms with van der Waals surface area (Å²) in [5.41, 5.74) is 4.45. The van der Waals surface area contributed by atoms with E-state index in [4.69, 9.17) is 16.6 Å². The number of hydrogen-bond donors (Lipinski definition) is 0. The molecule has 0 saturated heterocycles. The van der Waals surface area contributed by atoms with E-state index in [1.807, 2.05) is 76.9 Å². The van der Waals surface area contributed by atoms with Crippen LogP contribution in [0.4, 0.5) is 5.82 Å². The average molecular weight is 583 g/mol. The molecule has 0 N–H and O–H groups in total. The van der Waals surface area contributed by atoms with E-state index in [9.17, 15) is 9.59 Å². The third-order valence-electron chi connectivity index (χ3n) is 7.21. The number of halogens is 1. The molecule has 1 aromatic carbocycles. The van der Waals surface area contributed by atoms with Crippen molar-refractivity contribution >= 4 is 48.4 Å². The Labute approximate surface area is 252 Å². The Morgan fingerprint density at radius 2 is 1.88 bits per heavy atom. The summed E-state index contributed by atoms with van der Waals surface area (Å²) in [6.45, 7) is 17.1. The van der Waals surface area contributed by atoms with Crippen molar-refractivity contribution in [2.75, 3.05) is 24.4 Å². The van der Waals surface area contributed by atoms with Gasteiger partial charge >= 0.3 is 5.69 Å². The molecule has 0 radical (unpaired) electrons. The minimum Gasteiger partial charge on any atom is -0.405 e. The number of hydrogen-bond acceptors (Lipinski definition) is 6. The predicted octanol–water partition coefficient (Wildman–Crippen LogP) is 5.35. The van der Waals surface area contributed by atoms with Crippen molar-refractivity contribution in [3.05, 3.63) is 94.2 Å². The zero-order valence-electron chi connectivity index (χ0n) is 24.9. The Balaban J connectivity index is 2.00. The van der Waals surface area contributed by atoms with Gasteiger partial charge in [-0.1, -0.05) is 75.9 Å². The van der Waals surface area contributed by atoms with Gasteiger partial charge in [0.1, 0.15) is 5.82 Å². The van der Waals surface area contributed by atoms with Crippen LogP contribution in [0.25, 0.3) is 34.1 Å². The molecular weight excluding hydrogens is 547 g/mol. The van der Waals surface area contributed by atoms with Crippen LogP contribution < -0.4 is 10.5 Å². The Hall–Kier alpha value is -4.24. The lowest BCUT2D eigenvalue weighted by atomic mass is 10.0. The molecule has 0 bridgehead atoms. The summed E-state index contributed by atoms with van der Waals surface area (Å²) in [7, 11) is 1.85. The van der Waals surface area contributed by atoms with Crippen molar-refractivity contribution in [2.45, 2.75) is 40.0 Å². The standard InChI is InChI=1S/C32H36BClN6O2/c1-7-16-38(26(41)9-3)17-18-39(33)30-24-19-25(34)28(23-13-11-10-12-22(23)8-2)36-31(24)40(32(42)37-30)29-21(6)14-15-35-27(29)20(4)5/h8-15,19-20H,2-3,7,16-18,33H2,1,4-6H3. The predicted molar refractivity (Wildman–Crippen MR) is 175 cm³/mol. The highest BCUT2D eigenvalue weighted by atomic mass is 35.5. The number of fused-ring (bicyclic) bond motifs is 1. The lowest BCUT2D eigenvalue weighted by molar-refractivity contribution is -0.125. The lowest BCUT2D eigenvalue weighted by Crippen LogP contribution is -2.39. The minimum absolute atomic E-state index is 0.0457. The molecule has 3 aromatic heterocycles. The van der Waals surface area contributed by atoms with Gasteiger partial charge in [0.25, 0.3) is 0 Å². The van der Waals surface area contributed by atoms with Crippen molar-refractivity contribution in [3.63, 3.8) is 0 Å². The molecule has 42 heavy (non-hydrogen) atoms. The van der Waals surface area contributed by atoms with E-state index in [-0.39, 0.29) is 11.8 Å². The summed E-state index contributed by atoms with van der Waals surface area (Å²) < 4.78 is 1.55. The van der Waals surface area contributed by atoms with Crippen LogP contribution in [0.3, 0.4) is 0 Å². The quantitative estimate of drug-likeness (QED) is 0.175. The van der Waals surface area contributed by atoms with Gasteiger partial charge in [0.2, 0.25) is 13.9 Å². The van der Waals surface area contributed by atoms with Crippen LogP contribution in [-0.2, 0) is 4.79 Å². The van der Waals surface area contributed by atoms with Gasteiger partial charge in [-0.05, 0) is 48.6 Å². The number of anilines is 1. The van der Waals surface area contributed by atoms with Gasteiger partial charge in [-0.3, -0.25) is 9.78 Å². The minimum atomic E-state index is -0.479. The van der Waals surface area contributed by atoms with Gasteiger partial charge in [-0.15, -0.1) is 0 Å². The summed E-state index contributed by atoms with van der Waals surface area (Å²) in [6.07, 6.45) is 5.64. The zero-order chi connectivity index (χ0) is 30.6. The van der Waals surface area contributed by atoms with Crippen molar-refractivity contribution in [3.8, 4) is 16.9 Å². The molecule has 4 rings (SSSR count). The van der Waals surface area contributed by atoms with Crippen molar-refractivity contribution in [2.24, 2.45) is 0 Å². The van der Waals surface area contributed by atoms with Crippen LogP contribution in [0.5, 0.6) is 0 Å². The van der Waals surface area contributed by atoms with Gasteiger partial charge in [-0.25, -0.2) is 14.3 Å². The average Bonchev–Trinajstić information content (AvgIpc) is 2.98. The molecule has 0 aliphatic heterocycles. The molecule has 0 fully saturated rings. The first-order valence-electron chi connectivity index (χ1n) is 14.1. The van der Waals surface area contributed by atoms with Crippen LogP contribution in [0.2, 0.25) is 5.02 Å². The van der Waals surface area contributed by atoms with Gasteiger partial charge in [0, 0.05) is 31.4 Å². The Bertz CT molecular complexity index is 1720. The molecule has 0 atom stereocenters. The zero-order valence-corrected chi connectivity index (χ0v) is 25.6. The number of benzene rings is 1. The van der Waals surface area contributed by atoms with E-state index in [0.29, 0.717) is 52.9 Å².